The van der Waals surface area contributed by atoms with Gasteiger partial charge in [-0.25, -0.2) is 13.8 Å². The summed E-state index contributed by atoms with van der Waals surface area (Å²) in [6.45, 7) is 0.0535. The van der Waals surface area contributed by atoms with Crippen LogP contribution in [0, 0.1) is 23.5 Å². The van der Waals surface area contributed by atoms with Gasteiger partial charge in [0, 0.05) is 23.9 Å². The number of nitrogens with zero attached hydrogens (tertiary/aromatic N) is 2. The van der Waals surface area contributed by atoms with Crippen LogP contribution in [0.15, 0.2) is 23.6 Å². The van der Waals surface area contributed by atoms with Crippen molar-refractivity contribution in [2.75, 3.05) is 11.9 Å². The molecular weight excluding hydrogens is 400 g/mol. The molecule has 6 nitrogen and oxygen atoms in total. The second-order valence-electron chi connectivity index (χ2n) is 7.29. The average molecular weight is 419 g/mol. The minimum atomic E-state index is -0.971. The van der Waals surface area contributed by atoms with Crippen molar-refractivity contribution in [3.63, 3.8) is 0 Å². The van der Waals surface area contributed by atoms with Crippen LogP contribution in [0.1, 0.15) is 32.1 Å². The summed E-state index contributed by atoms with van der Waals surface area (Å²) in [5.74, 6) is -3.06. The van der Waals surface area contributed by atoms with E-state index in [1.165, 1.54) is 11.0 Å². The first kappa shape index (κ1) is 19.6. The van der Waals surface area contributed by atoms with Crippen LogP contribution in [0.4, 0.5) is 13.9 Å². The summed E-state index contributed by atoms with van der Waals surface area (Å²) in [6.07, 6.45) is 3.38. The highest BCUT2D eigenvalue weighted by molar-refractivity contribution is 7.14. The third kappa shape index (κ3) is 3.91. The van der Waals surface area contributed by atoms with Gasteiger partial charge in [-0.05, 0) is 31.0 Å². The van der Waals surface area contributed by atoms with Gasteiger partial charge < -0.3 is 5.32 Å². The molecule has 1 aromatic carbocycles. The Morgan fingerprint density at radius 1 is 1.14 bits per heavy atom. The Morgan fingerprint density at radius 2 is 1.83 bits per heavy atom. The van der Waals surface area contributed by atoms with Gasteiger partial charge in [-0.2, -0.15) is 0 Å². The Morgan fingerprint density at radius 3 is 2.48 bits per heavy atom. The predicted octanol–water partition coefficient (Wildman–Crippen LogP) is 3.59. The molecule has 1 saturated heterocycles. The van der Waals surface area contributed by atoms with E-state index >= 15 is 0 Å². The standard InChI is InChI=1S/C20H19F2N3O3S/c21-14-6-5-11(9-15(14)22)16-10-29-20(23-16)24-17(26)7-8-25-18(27)12-3-1-2-4-13(12)19(25)28/h5-6,9-10,12-13H,1-4,7-8H2,(H,23,24,26)/t12-,13-/m1/s1. The number of likely N-dealkylation sites (tertiary alicyclic amines) is 1. The first-order valence-electron chi connectivity index (χ1n) is 9.50. The van der Waals surface area contributed by atoms with Crippen LogP contribution in [-0.4, -0.2) is 34.2 Å². The zero-order valence-electron chi connectivity index (χ0n) is 15.5. The SMILES string of the molecule is O=C(CCN1C(=O)[C@@H]2CCCC[C@H]2C1=O)Nc1nc(-c2ccc(F)c(F)c2)cs1. The number of aromatic nitrogens is 1. The molecule has 4 rings (SSSR count). The number of fused-ring (bicyclic) bond motifs is 1. The zero-order valence-corrected chi connectivity index (χ0v) is 16.3. The number of halogens is 2. The van der Waals surface area contributed by atoms with Crippen LogP contribution in [0.3, 0.4) is 0 Å². The number of carbonyl (C=O) groups is 3. The van der Waals surface area contributed by atoms with Gasteiger partial charge in [0.15, 0.2) is 16.8 Å². The van der Waals surface area contributed by atoms with E-state index in [9.17, 15) is 23.2 Å². The Bertz CT molecular complexity index is 954. The van der Waals surface area contributed by atoms with Crippen molar-refractivity contribution in [2.45, 2.75) is 32.1 Å². The molecule has 1 N–H and O–H groups in total. The van der Waals surface area contributed by atoms with Crippen LogP contribution in [0.5, 0.6) is 0 Å². The molecule has 1 aromatic heterocycles. The van der Waals surface area contributed by atoms with E-state index in [4.69, 9.17) is 0 Å². The fourth-order valence-electron chi connectivity index (χ4n) is 3.97. The fraction of sp³-hybridized carbons (Fsp3) is 0.400. The summed E-state index contributed by atoms with van der Waals surface area (Å²) >= 11 is 1.15. The van der Waals surface area contributed by atoms with Gasteiger partial charge in [0.05, 0.1) is 17.5 Å². The summed E-state index contributed by atoms with van der Waals surface area (Å²) in [5.41, 5.74) is 0.815. The smallest absolute Gasteiger partial charge is 0.233 e. The Hall–Kier alpha value is -2.68. The number of nitrogens with one attached hydrogen (secondary N) is 1. The lowest BCUT2D eigenvalue weighted by molar-refractivity contribution is -0.140. The zero-order chi connectivity index (χ0) is 20.5. The number of hydrogen-bond donors (Lipinski definition) is 1. The first-order chi connectivity index (χ1) is 13.9. The number of anilines is 1. The third-order valence-corrected chi connectivity index (χ3v) is 6.22. The molecule has 2 heterocycles. The van der Waals surface area contributed by atoms with E-state index in [0.29, 0.717) is 16.4 Å². The number of rotatable bonds is 5. The van der Waals surface area contributed by atoms with Crippen molar-refractivity contribution >= 4 is 34.2 Å². The number of carbonyl (C=O) groups excluding carboxylic acids is 3. The molecule has 152 valence electrons. The van der Waals surface area contributed by atoms with Gasteiger partial charge in [-0.15, -0.1) is 11.3 Å². The monoisotopic (exact) mass is 419 g/mol. The molecule has 2 atom stereocenters. The van der Waals surface area contributed by atoms with Crippen molar-refractivity contribution < 1.29 is 23.2 Å². The van der Waals surface area contributed by atoms with E-state index in [1.807, 2.05) is 0 Å². The van der Waals surface area contributed by atoms with Crippen molar-refractivity contribution in [1.82, 2.24) is 9.88 Å². The largest absolute Gasteiger partial charge is 0.302 e. The molecule has 9 heteroatoms. The topological polar surface area (TPSA) is 79.4 Å². The van der Waals surface area contributed by atoms with Crippen LogP contribution >= 0.6 is 11.3 Å². The lowest BCUT2D eigenvalue weighted by Crippen LogP contribution is -2.34. The second-order valence-corrected chi connectivity index (χ2v) is 8.15. The maximum Gasteiger partial charge on any atom is 0.233 e. The van der Waals surface area contributed by atoms with Crippen LogP contribution in [0.2, 0.25) is 0 Å². The third-order valence-electron chi connectivity index (χ3n) is 5.46. The number of imide groups is 1. The highest BCUT2D eigenvalue weighted by atomic mass is 32.1. The highest BCUT2D eigenvalue weighted by Crippen LogP contribution is 2.38. The number of thiazole rings is 1. The lowest BCUT2D eigenvalue weighted by atomic mass is 9.81. The summed E-state index contributed by atoms with van der Waals surface area (Å²) in [7, 11) is 0. The molecule has 2 aliphatic rings. The quantitative estimate of drug-likeness (QED) is 0.752. The summed E-state index contributed by atoms with van der Waals surface area (Å²) in [6, 6.07) is 3.47. The van der Waals surface area contributed by atoms with Gasteiger partial charge in [-0.1, -0.05) is 12.8 Å². The molecule has 1 aliphatic carbocycles. The number of amides is 3. The van der Waals surface area contributed by atoms with Crippen molar-refractivity contribution in [1.29, 1.82) is 0 Å². The number of benzene rings is 1. The minimum Gasteiger partial charge on any atom is -0.302 e. The maximum atomic E-state index is 13.4. The highest BCUT2D eigenvalue weighted by Gasteiger charge is 2.47. The number of hydrogen-bond acceptors (Lipinski definition) is 5. The molecule has 1 saturated carbocycles. The molecule has 1 aliphatic heterocycles. The molecule has 0 radical (unpaired) electrons. The van der Waals surface area contributed by atoms with Gasteiger partial charge in [0.25, 0.3) is 0 Å². The Balaban J connectivity index is 1.34. The normalized spacial score (nSPS) is 21.4. The van der Waals surface area contributed by atoms with E-state index in [1.54, 1.807) is 5.38 Å². The molecule has 0 spiro atoms. The first-order valence-corrected chi connectivity index (χ1v) is 10.4. The molecular formula is C20H19F2N3O3S. The molecule has 0 unspecified atom stereocenters. The van der Waals surface area contributed by atoms with E-state index in [0.717, 1.165) is 49.2 Å². The van der Waals surface area contributed by atoms with Gasteiger partial charge >= 0.3 is 0 Å². The summed E-state index contributed by atoms with van der Waals surface area (Å²) in [4.78, 5) is 42.5. The Labute approximate surface area is 169 Å². The average Bonchev–Trinajstić information content (AvgIpc) is 3.26. The molecule has 0 bridgehead atoms. The van der Waals surface area contributed by atoms with Crippen LogP contribution < -0.4 is 5.32 Å². The van der Waals surface area contributed by atoms with Gasteiger partial charge in [0.2, 0.25) is 17.7 Å². The Kier molecular flexibility index (Phi) is 5.40. The maximum absolute atomic E-state index is 13.4. The molecule has 2 fully saturated rings. The van der Waals surface area contributed by atoms with E-state index in [2.05, 4.69) is 10.3 Å². The van der Waals surface area contributed by atoms with E-state index < -0.39 is 11.6 Å². The summed E-state index contributed by atoms with van der Waals surface area (Å²) < 4.78 is 26.4. The lowest BCUT2D eigenvalue weighted by Gasteiger charge is -2.19. The predicted molar refractivity (Wildman–Crippen MR) is 103 cm³/mol. The van der Waals surface area contributed by atoms with Crippen LogP contribution in [-0.2, 0) is 14.4 Å². The molecule has 29 heavy (non-hydrogen) atoms. The van der Waals surface area contributed by atoms with Gasteiger partial charge in [-0.3, -0.25) is 19.3 Å². The van der Waals surface area contributed by atoms with Crippen LogP contribution in [0.25, 0.3) is 11.3 Å². The minimum absolute atomic E-state index is 0.0169. The second kappa shape index (κ2) is 7.98. The van der Waals surface area contributed by atoms with Gasteiger partial charge in [0.1, 0.15) is 0 Å². The molecule has 2 aromatic rings. The fourth-order valence-corrected chi connectivity index (χ4v) is 4.70. The van der Waals surface area contributed by atoms with E-state index in [-0.39, 0.29) is 42.5 Å². The summed E-state index contributed by atoms with van der Waals surface area (Å²) in [5, 5.41) is 4.56. The molecule has 3 amide bonds. The van der Waals surface area contributed by atoms with Crippen molar-refractivity contribution in [3.8, 4) is 11.3 Å². The van der Waals surface area contributed by atoms with Crippen molar-refractivity contribution in [3.05, 3.63) is 35.2 Å². The van der Waals surface area contributed by atoms with Crippen molar-refractivity contribution in [2.24, 2.45) is 11.8 Å².